The quantitative estimate of drug-likeness (QED) is 0.779. The zero-order chi connectivity index (χ0) is 14.5. The Bertz CT molecular complexity index is 677. The van der Waals surface area contributed by atoms with Crippen molar-refractivity contribution in [1.82, 2.24) is 9.55 Å². The minimum Gasteiger partial charge on any atom is -0.491 e. The highest BCUT2D eigenvalue weighted by molar-refractivity contribution is 5.96. The fraction of sp³-hybridized carbons (Fsp3) is 0.267. The lowest BCUT2D eigenvalue weighted by Gasteiger charge is -2.10. The van der Waals surface area contributed by atoms with Gasteiger partial charge in [0, 0.05) is 12.4 Å². The average molecular weight is 272 g/mol. The smallest absolute Gasteiger partial charge is 0.347 e. The molecule has 0 atom stereocenters. The summed E-state index contributed by atoms with van der Waals surface area (Å²) in [5, 5.41) is 0. The second-order valence-corrected chi connectivity index (χ2v) is 4.51. The van der Waals surface area contributed by atoms with Crippen molar-refractivity contribution in [3.63, 3.8) is 0 Å². The van der Waals surface area contributed by atoms with Crippen LogP contribution in [-0.4, -0.2) is 21.9 Å². The van der Waals surface area contributed by atoms with Gasteiger partial charge in [-0.05, 0) is 31.5 Å². The van der Waals surface area contributed by atoms with Gasteiger partial charge in [0.1, 0.15) is 12.4 Å². The number of ketones is 1. The van der Waals surface area contributed by atoms with E-state index in [2.05, 4.69) is 4.98 Å². The average Bonchev–Trinajstić information content (AvgIpc) is 2.43. The predicted molar refractivity (Wildman–Crippen MR) is 75.2 cm³/mol. The lowest BCUT2D eigenvalue weighted by atomic mass is 10.1. The molecule has 0 aliphatic rings. The van der Waals surface area contributed by atoms with Crippen LogP contribution in [0.5, 0.6) is 5.75 Å². The number of rotatable bonds is 5. The number of para-hydroxylation sites is 1. The standard InChI is InChI=1S/C15H16N2O3/c1-11-9-16-15(19)17(10-11)7-8-20-14-6-4-3-5-13(14)12(2)18/h3-6,9-10H,7-8H2,1-2H3. The van der Waals surface area contributed by atoms with E-state index in [1.54, 1.807) is 24.4 Å². The highest BCUT2D eigenvalue weighted by Gasteiger charge is 2.07. The summed E-state index contributed by atoms with van der Waals surface area (Å²) in [5.41, 5.74) is 1.15. The molecule has 0 aliphatic heterocycles. The molecule has 0 saturated carbocycles. The molecule has 104 valence electrons. The zero-order valence-electron chi connectivity index (χ0n) is 11.5. The minimum absolute atomic E-state index is 0.0463. The van der Waals surface area contributed by atoms with Crippen LogP contribution >= 0.6 is 0 Å². The maximum Gasteiger partial charge on any atom is 0.347 e. The van der Waals surface area contributed by atoms with Crippen LogP contribution in [0.2, 0.25) is 0 Å². The van der Waals surface area contributed by atoms with Crippen LogP contribution in [0.3, 0.4) is 0 Å². The van der Waals surface area contributed by atoms with E-state index in [1.165, 1.54) is 17.7 Å². The number of aryl methyl sites for hydroxylation is 1. The van der Waals surface area contributed by atoms with Crippen molar-refractivity contribution in [2.45, 2.75) is 20.4 Å². The number of carbonyl (C=O) groups excluding carboxylic acids is 1. The van der Waals surface area contributed by atoms with Crippen molar-refractivity contribution < 1.29 is 9.53 Å². The Morgan fingerprint density at radius 2 is 2.10 bits per heavy atom. The molecule has 2 aromatic rings. The highest BCUT2D eigenvalue weighted by Crippen LogP contribution is 2.18. The van der Waals surface area contributed by atoms with Crippen LogP contribution in [0.25, 0.3) is 0 Å². The van der Waals surface area contributed by atoms with Gasteiger partial charge in [0.15, 0.2) is 5.78 Å². The molecule has 0 unspecified atom stereocenters. The highest BCUT2D eigenvalue weighted by atomic mass is 16.5. The minimum atomic E-state index is -0.306. The molecule has 0 radical (unpaired) electrons. The fourth-order valence-electron chi connectivity index (χ4n) is 1.86. The Morgan fingerprint density at radius 1 is 1.35 bits per heavy atom. The third-order valence-corrected chi connectivity index (χ3v) is 2.84. The van der Waals surface area contributed by atoms with Crippen LogP contribution in [0.15, 0.2) is 41.5 Å². The molecule has 1 heterocycles. The van der Waals surface area contributed by atoms with E-state index in [-0.39, 0.29) is 11.5 Å². The molecule has 0 fully saturated rings. The van der Waals surface area contributed by atoms with Gasteiger partial charge in [0.25, 0.3) is 0 Å². The molecule has 1 aromatic carbocycles. The van der Waals surface area contributed by atoms with Gasteiger partial charge in [-0.3, -0.25) is 9.36 Å². The van der Waals surface area contributed by atoms with E-state index >= 15 is 0 Å². The first kappa shape index (κ1) is 14.0. The summed E-state index contributed by atoms with van der Waals surface area (Å²) in [6.07, 6.45) is 3.26. The molecule has 0 spiro atoms. The number of ether oxygens (including phenoxy) is 1. The Kier molecular flexibility index (Phi) is 4.30. The van der Waals surface area contributed by atoms with Gasteiger partial charge >= 0.3 is 5.69 Å². The Hall–Kier alpha value is -2.43. The molecule has 20 heavy (non-hydrogen) atoms. The summed E-state index contributed by atoms with van der Waals surface area (Å²) in [6.45, 7) is 4.06. The largest absolute Gasteiger partial charge is 0.491 e. The Labute approximate surface area is 116 Å². The van der Waals surface area contributed by atoms with Gasteiger partial charge in [0.05, 0.1) is 12.1 Å². The molecule has 0 amide bonds. The fourth-order valence-corrected chi connectivity index (χ4v) is 1.86. The molecule has 0 saturated heterocycles. The van der Waals surface area contributed by atoms with Crippen LogP contribution in [-0.2, 0) is 6.54 Å². The van der Waals surface area contributed by atoms with Gasteiger partial charge in [-0.1, -0.05) is 12.1 Å². The molecular weight excluding hydrogens is 256 g/mol. The molecular formula is C15H16N2O3. The van der Waals surface area contributed by atoms with Gasteiger partial charge in [-0.2, -0.15) is 0 Å². The zero-order valence-corrected chi connectivity index (χ0v) is 11.5. The summed E-state index contributed by atoms with van der Waals surface area (Å²) in [4.78, 5) is 26.7. The molecule has 5 heteroatoms. The van der Waals surface area contributed by atoms with E-state index in [1.807, 2.05) is 13.0 Å². The van der Waals surface area contributed by atoms with Crippen molar-refractivity contribution >= 4 is 5.78 Å². The number of benzene rings is 1. The third kappa shape index (κ3) is 3.32. The second-order valence-electron chi connectivity index (χ2n) is 4.51. The lowest BCUT2D eigenvalue weighted by Crippen LogP contribution is -2.25. The van der Waals surface area contributed by atoms with Gasteiger partial charge in [-0.15, -0.1) is 0 Å². The van der Waals surface area contributed by atoms with E-state index in [0.29, 0.717) is 24.5 Å². The summed E-state index contributed by atoms with van der Waals surface area (Å²) >= 11 is 0. The monoisotopic (exact) mass is 272 g/mol. The van der Waals surface area contributed by atoms with Gasteiger partial charge in [0.2, 0.25) is 0 Å². The third-order valence-electron chi connectivity index (χ3n) is 2.84. The van der Waals surface area contributed by atoms with Crippen molar-refractivity contribution in [2.24, 2.45) is 0 Å². The topological polar surface area (TPSA) is 61.2 Å². The number of hydrogen-bond donors (Lipinski definition) is 0. The van der Waals surface area contributed by atoms with E-state index in [9.17, 15) is 9.59 Å². The maximum atomic E-state index is 11.5. The van der Waals surface area contributed by atoms with Crippen LogP contribution in [0.4, 0.5) is 0 Å². The van der Waals surface area contributed by atoms with Gasteiger partial charge in [-0.25, -0.2) is 9.78 Å². The van der Waals surface area contributed by atoms with Crippen molar-refractivity contribution in [2.75, 3.05) is 6.61 Å². The summed E-state index contributed by atoms with van der Waals surface area (Å²) in [6, 6.07) is 7.06. The van der Waals surface area contributed by atoms with Crippen LogP contribution < -0.4 is 10.4 Å². The summed E-state index contributed by atoms with van der Waals surface area (Å²) < 4.78 is 7.08. The first-order valence-corrected chi connectivity index (χ1v) is 6.34. The first-order valence-electron chi connectivity index (χ1n) is 6.34. The van der Waals surface area contributed by atoms with Crippen molar-refractivity contribution in [3.8, 4) is 5.75 Å². The molecule has 5 nitrogen and oxygen atoms in total. The normalized spacial score (nSPS) is 10.3. The van der Waals surface area contributed by atoms with E-state index in [4.69, 9.17) is 4.74 Å². The first-order chi connectivity index (χ1) is 9.58. The Balaban J connectivity index is 2.05. The second kappa shape index (κ2) is 6.14. The maximum absolute atomic E-state index is 11.5. The predicted octanol–water partition coefficient (Wildman–Crippen LogP) is 1.83. The molecule has 0 aliphatic carbocycles. The molecule has 2 rings (SSSR count). The Morgan fingerprint density at radius 3 is 2.85 bits per heavy atom. The number of Topliss-reactive ketones (excluding diaryl/α,β-unsaturated/α-hetero) is 1. The lowest BCUT2D eigenvalue weighted by molar-refractivity contribution is 0.101. The molecule has 0 bridgehead atoms. The van der Waals surface area contributed by atoms with Gasteiger partial charge < -0.3 is 4.74 Å². The number of hydrogen-bond acceptors (Lipinski definition) is 4. The number of nitrogens with zero attached hydrogens (tertiary/aromatic N) is 2. The van der Waals surface area contributed by atoms with Crippen LogP contribution in [0.1, 0.15) is 22.8 Å². The summed E-state index contributed by atoms with van der Waals surface area (Å²) in [7, 11) is 0. The van der Waals surface area contributed by atoms with Crippen molar-refractivity contribution in [3.05, 3.63) is 58.3 Å². The van der Waals surface area contributed by atoms with E-state index < -0.39 is 0 Å². The number of aromatic nitrogens is 2. The molecule has 0 N–H and O–H groups in total. The number of carbonyl (C=O) groups is 1. The summed E-state index contributed by atoms with van der Waals surface area (Å²) in [5.74, 6) is 0.489. The van der Waals surface area contributed by atoms with Crippen LogP contribution in [0, 0.1) is 6.92 Å². The SMILES string of the molecule is CC(=O)c1ccccc1OCCn1cc(C)cnc1=O. The van der Waals surface area contributed by atoms with E-state index in [0.717, 1.165) is 5.56 Å². The van der Waals surface area contributed by atoms with Crippen molar-refractivity contribution in [1.29, 1.82) is 0 Å². The molecule has 1 aromatic heterocycles.